The zero-order chi connectivity index (χ0) is 18.1. The van der Waals surface area contributed by atoms with Crippen molar-refractivity contribution in [2.75, 3.05) is 10.6 Å². The predicted molar refractivity (Wildman–Crippen MR) is 102 cm³/mol. The van der Waals surface area contributed by atoms with Gasteiger partial charge in [-0.1, -0.05) is 35.5 Å². The standard InChI is InChI=1S/C17H10Cl2N4O2S/c18-14-8-15(22-16(19)21-14)23-17(24)25-9-5-6-11-13(7-9)26-12-4-2-1-3-10(12)20-11/h1-8,20H,(H,21,22,23,24). The number of nitrogens with one attached hydrogen (secondary N) is 2. The maximum absolute atomic E-state index is 12.1. The summed E-state index contributed by atoms with van der Waals surface area (Å²) in [7, 11) is 0. The Morgan fingerprint density at radius 2 is 1.85 bits per heavy atom. The van der Waals surface area contributed by atoms with Gasteiger partial charge in [0.2, 0.25) is 5.28 Å². The van der Waals surface area contributed by atoms with Gasteiger partial charge in [0.1, 0.15) is 16.7 Å². The van der Waals surface area contributed by atoms with E-state index in [4.69, 9.17) is 27.9 Å². The molecule has 2 N–H and O–H groups in total. The molecule has 1 amide bonds. The second kappa shape index (κ2) is 7.03. The first-order valence-corrected chi connectivity index (χ1v) is 9.01. The highest BCUT2D eigenvalue weighted by atomic mass is 35.5. The average molecular weight is 405 g/mol. The Morgan fingerprint density at radius 1 is 1.04 bits per heavy atom. The van der Waals surface area contributed by atoms with Crippen molar-refractivity contribution in [3.63, 3.8) is 0 Å². The van der Waals surface area contributed by atoms with Gasteiger partial charge in [0.05, 0.1) is 11.4 Å². The molecule has 0 radical (unpaired) electrons. The minimum atomic E-state index is -0.704. The summed E-state index contributed by atoms with van der Waals surface area (Å²) in [4.78, 5) is 21.7. The van der Waals surface area contributed by atoms with Crippen molar-refractivity contribution >= 4 is 58.2 Å². The van der Waals surface area contributed by atoms with E-state index in [9.17, 15) is 4.79 Å². The lowest BCUT2D eigenvalue weighted by molar-refractivity contribution is 0.215. The van der Waals surface area contributed by atoms with Gasteiger partial charge < -0.3 is 10.1 Å². The lowest BCUT2D eigenvalue weighted by atomic mass is 10.2. The van der Waals surface area contributed by atoms with Crippen molar-refractivity contribution in [3.8, 4) is 5.75 Å². The van der Waals surface area contributed by atoms with Crippen LogP contribution in [-0.2, 0) is 0 Å². The lowest BCUT2D eigenvalue weighted by Gasteiger charge is -2.21. The van der Waals surface area contributed by atoms with Crippen LogP contribution in [0.5, 0.6) is 5.75 Å². The number of benzene rings is 2. The van der Waals surface area contributed by atoms with Gasteiger partial charge in [0.15, 0.2) is 0 Å². The predicted octanol–water partition coefficient (Wildman–Crippen LogP) is 5.60. The Kier molecular flexibility index (Phi) is 4.58. The van der Waals surface area contributed by atoms with E-state index in [1.165, 1.54) is 6.07 Å². The van der Waals surface area contributed by atoms with Crippen molar-refractivity contribution in [3.05, 3.63) is 59.0 Å². The molecule has 0 saturated carbocycles. The third-order valence-corrected chi connectivity index (χ3v) is 4.93. The minimum absolute atomic E-state index is 0.0669. The number of halogens is 2. The largest absolute Gasteiger partial charge is 0.418 e. The van der Waals surface area contributed by atoms with Crippen LogP contribution in [0.4, 0.5) is 22.0 Å². The van der Waals surface area contributed by atoms with E-state index in [0.29, 0.717) is 5.75 Å². The zero-order valence-electron chi connectivity index (χ0n) is 13.0. The van der Waals surface area contributed by atoms with Gasteiger partial charge in [0, 0.05) is 15.9 Å². The number of hydrogen-bond acceptors (Lipinski definition) is 6. The fourth-order valence-corrected chi connectivity index (χ4v) is 3.79. The molecule has 0 unspecified atom stereocenters. The normalized spacial score (nSPS) is 11.8. The first-order valence-electron chi connectivity index (χ1n) is 7.44. The highest BCUT2D eigenvalue weighted by molar-refractivity contribution is 7.99. The Bertz CT molecular complexity index is 996. The summed E-state index contributed by atoms with van der Waals surface area (Å²) >= 11 is 13.1. The number of anilines is 3. The molecule has 4 rings (SSSR count). The molecule has 0 atom stereocenters. The SMILES string of the molecule is O=C(Nc1cc(Cl)nc(Cl)n1)Oc1ccc2c(c1)Sc1ccccc1N2. The van der Waals surface area contributed by atoms with Gasteiger partial charge in [-0.25, -0.2) is 14.8 Å². The summed E-state index contributed by atoms with van der Waals surface area (Å²) in [6, 6.07) is 14.7. The molecule has 130 valence electrons. The Hall–Kier alpha value is -2.48. The maximum atomic E-state index is 12.1. The van der Waals surface area contributed by atoms with E-state index >= 15 is 0 Å². The van der Waals surface area contributed by atoms with Crippen LogP contribution in [0.3, 0.4) is 0 Å². The quantitative estimate of drug-likeness (QED) is 0.334. The summed E-state index contributed by atoms with van der Waals surface area (Å²) in [5, 5.41) is 5.87. The molecule has 3 aromatic rings. The minimum Gasteiger partial charge on any atom is -0.410 e. The van der Waals surface area contributed by atoms with E-state index in [1.54, 1.807) is 23.9 Å². The topological polar surface area (TPSA) is 76.1 Å². The van der Waals surface area contributed by atoms with Crippen LogP contribution >= 0.6 is 35.0 Å². The molecule has 9 heteroatoms. The molecule has 0 saturated heterocycles. The number of carbonyl (C=O) groups is 1. The smallest absolute Gasteiger partial charge is 0.410 e. The summed E-state index contributed by atoms with van der Waals surface area (Å²) < 4.78 is 5.31. The van der Waals surface area contributed by atoms with E-state index in [1.807, 2.05) is 30.3 Å². The number of carbonyl (C=O) groups excluding carboxylic acids is 1. The summed E-state index contributed by atoms with van der Waals surface area (Å²) in [6.45, 7) is 0. The Balaban J connectivity index is 1.49. The highest BCUT2D eigenvalue weighted by Crippen LogP contribution is 2.45. The monoisotopic (exact) mass is 404 g/mol. The van der Waals surface area contributed by atoms with E-state index in [-0.39, 0.29) is 16.3 Å². The summed E-state index contributed by atoms with van der Waals surface area (Å²) in [6.07, 6.45) is -0.704. The first-order chi connectivity index (χ1) is 12.6. The van der Waals surface area contributed by atoms with Crippen LogP contribution in [-0.4, -0.2) is 16.1 Å². The lowest BCUT2D eigenvalue weighted by Crippen LogP contribution is -2.17. The molecule has 1 aromatic heterocycles. The molecule has 0 spiro atoms. The molecule has 0 aliphatic carbocycles. The Labute approximate surface area is 162 Å². The third kappa shape index (κ3) is 3.70. The van der Waals surface area contributed by atoms with Crippen LogP contribution in [0.1, 0.15) is 0 Å². The number of hydrogen-bond donors (Lipinski definition) is 2. The van der Waals surface area contributed by atoms with E-state index in [0.717, 1.165) is 21.2 Å². The number of amides is 1. The van der Waals surface area contributed by atoms with Crippen LogP contribution in [0.2, 0.25) is 10.4 Å². The molecular weight excluding hydrogens is 395 g/mol. The van der Waals surface area contributed by atoms with E-state index < -0.39 is 6.09 Å². The number of aromatic nitrogens is 2. The van der Waals surface area contributed by atoms with Gasteiger partial charge in [-0.15, -0.1) is 0 Å². The third-order valence-electron chi connectivity index (χ3n) is 3.44. The molecule has 2 aromatic carbocycles. The second-order valence-corrected chi connectivity index (χ2v) is 7.05. The van der Waals surface area contributed by atoms with Crippen LogP contribution in [0.15, 0.2) is 58.3 Å². The molecule has 0 fully saturated rings. The van der Waals surface area contributed by atoms with Gasteiger partial charge in [-0.05, 0) is 41.9 Å². The van der Waals surface area contributed by atoms with Gasteiger partial charge in [0.25, 0.3) is 0 Å². The van der Waals surface area contributed by atoms with Gasteiger partial charge >= 0.3 is 6.09 Å². The molecule has 0 bridgehead atoms. The van der Waals surface area contributed by atoms with Crippen LogP contribution in [0, 0.1) is 0 Å². The fourth-order valence-electron chi connectivity index (χ4n) is 2.37. The summed E-state index contributed by atoms with van der Waals surface area (Å²) in [5.74, 6) is 0.559. The molecule has 6 nitrogen and oxygen atoms in total. The second-order valence-electron chi connectivity index (χ2n) is 5.24. The molecule has 2 heterocycles. The van der Waals surface area contributed by atoms with Crippen molar-refractivity contribution in [2.45, 2.75) is 9.79 Å². The van der Waals surface area contributed by atoms with E-state index in [2.05, 4.69) is 20.6 Å². The first kappa shape index (κ1) is 17.0. The highest BCUT2D eigenvalue weighted by Gasteiger charge is 2.17. The van der Waals surface area contributed by atoms with Crippen molar-refractivity contribution in [1.82, 2.24) is 9.97 Å². The Morgan fingerprint density at radius 3 is 2.69 bits per heavy atom. The van der Waals surface area contributed by atoms with Gasteiger partial charge in [-0.2, -0.15) is 0 Å². The van der Waals surface area contributed by atoms with Crippen LogP contribution < -0.4 is 15.4 Å². The van der Waals surface area contributed by atoms with Gasteiger partial charge in [-0.3, -0.25) is 5.32 Å². The maximum Gasteiger partial charge on any atom is 0.418 e. The van der Waals surface area contributed by atoms with Crippen LogP contribution in [0.25, 0.3) is 0 Å². The zero-order valence-corrected chi connectivity index (χ0v) is 15.3. The number of fused-ring (bicyclic) bond motifs is 2. The van der Waals surface area contributed by atoms with Crippen molar-refractivity contribution in [1.29, 1.82) is 0 Å². The molecule has 1 aliphatic rings. The van der Waals surface area contributed by atoms with Crippen molar-refractivity contribution in [2.24, 2.45) is 0 Å². The van der Waals surface area contributed by atoms with Crippen molar-refractivity contribution < 1.29 is 9.53 Å². The summed E-state index contributed by atoms with van der Waals surface area (Å²) in [5.41, 5.74) is 2.00. The number of para-hydroxylation sites is 1. The molecule has 26 heavy (non-hydrogen) atoms. The number of nitrogens with zero attached hydrogens (tertiary/aromatic N) is 2. The average Bonchev–Trinajstić information content (AvgIpc) is 2.59. The number of rotatable bonds is 2. The molecule has 1 aliphatic heterocycles. The molecular formula is C17H10Cl2N4O2S. The number of ether oxygens (including phenoxy) is 1. The fraction of sp³-hybridized carbons (Fsp3) is 0.